The molecule has 100 valence electrons. The predicted octanol–water partition coefficient (Wildman–Crippen LogP) is -0.00510. The lowest BCUT2D eigenvalue weighted by atomic mass is 10.0. The van der Waals surface area contributed by atoms with Gasteiger partial charge in [0.2, 0.25) is 11.8 Å². The lowest BCUT2D eigenvalue weighted by Crippen LogP contribution is -2.52. The number of amides is 2. The second-order valence-corrected chi connectivity index (χ2v) is 6.01. The van der Waals surface area contributed by atoms with Crippen molar-refractivity contribution in [2.24, 2.45) is 11.7 Å². The Bertz CT molecular complexity index is 366. The number of piperidine rings is 1. The standard InChI is InChI=1S/C13H21N3O2/c14-13(5-6-13)12(18)16-7-3-10(4-8-16)15-11(17)9-1-2-9/h9-10H,1-8,14H2,(H,15,17). The second-order valence-electron chi connectivity index (χ2n) is 6.01. The van der Waals surface area contributed by atoms with Gasteiger partial charge in [-0.2, -0.15) is 0 Å². The van der Waals surface area contributed by atoms with E-state index in [-0.39, 0.29) is 23.8 Å². The highest BCUT2D eigenvalue weighted by Crippen LogP contribution is 2.35. The zero-order valence-electron chi connectivity index (χ0n) is 10.7. The first-order valence-corrected chi connectivity index (χ1v) is 6.97. The summed E-state index contributed by atoms with van der Waals surface area (Å²) in [5.41, 5.74) is 5.37. The number of carbonyl (C=O) groups is 2. The maximum absolute atomic E-state index is 12.0. The van der Waals surface area contributed by atoms with Gasteiger partial charge >= 0.3 is 0 Å². The Morgan fingerprint density at radius 2 is 1.72 bits per heavy atom. The van der Waals surface area contributed by atoms with Gasteiger partial charge in [-0.15, -0.1) is 0 Å². The topological polar surface area (TPSA) is 75.4 Å². The van der Waals surface area contributed by atoms with Gasteiger partial charge in [-0.05, 0) is 38.5 Å². The number of nitrogens with zero attached hydrogens (tertiary/aromatic N) is 1. The fourth-order valence-electron chi connectivity index (χ4n) is 2.55. The van der Waals surface area contributed by atoms with Crippen molar-refractivity contribution in [2.45, 2.75) is 50.1 Å². The molecule has 0 spiro atoms. The van der Waals surface area contributed by atoms with Crippen LogP contribution in [0.2, 0.25) is 0 Å². The van der Waals surface area contributed by atoms with E-state index in [1.54, 1.807) is 0 Å². The van der Waals surface area contributed by atoms with Crippen molar-refractivity contribution in [1.29, 1.82) is 0 Å². The maximum atomic E-state index is 12.0. The summed E-state index contributed by atoms with van der Waals surface area (Å²) in [7, 11) is 0. The van der Waals surface area contributed by atoms with Gasteiger partial charge in [-0.25, -0.2) is 0 Å². The molecule has 3 rings (SSSR count). The van der Waals surface area contributed by atoms with E-state index in [4.69, 9.17) is 5.73 Å². The molecule has 3 aliphatic rings. The van der Waals surface area contributed by atoms with Gasteiger partial charge in [-0.3, -0.25) is 9.59 Å². The monoisotopic (exact) mass is 251 g/mol. The first kappa shape index (κ1) is 12.0. The highest BCUT2D eigenvalue weighted by atomic mass is 16.2. The van der Waals surface area contributed by atoms with Gasteiger partial charge in [-0.1, -0.05) is 0 Å². The number of nitrogens with one attached hydrogen (secondary N) is 1. The zero-order chi connectivity index (χ0) is 12.8. The van der Waals surface area contributed by atoms with E-state index in [1.165, 1.54) is 0 Å². The van der Waals surface area contributed by atoms with Gasteiger partial charge < -0.3 is 16.0 Å². The highest BCUT2D eigenvalue weighted by Gasteiger charge is 2.48. The summed E-state index contributed by atoms with van der Waals surface area (Å²) in [6.07, 6.45) is 5.45. The van der Waals surface area contributed by atoms with Crippen LogP contribution >= 0.6 is 0 Å². The first-order valence-electron chi connectivity index (χ1n) is 6.97. The normalized spacial score (nSPS) is 26.8. The fourth-order valence-corrected chi connectivity index (χ4v) is 2.55. The molecule has 0 unspecified atom stereocenters. The molecule has 18 heavy (non-hydrogen) atoms. The summed E-state index contributed by atoms with van der Waals surface area (Å²) >= 11 is 0. The molecule has 3 fully saturated rings. The molecule has 1 saturated heterocycles. The molecule has 1 aliphatic heterocycles. The van der Waals surface area contributed by atoms with Gasteiger partial charge in [0.25, 0.3) is 0 Å². The molecule has 0 aromatic heterocycles. The Morgan fingerprint density at radius 3 is 2.22 bits per heavy atom. The van der Waals surface area contributed by atoms with Crippen LogP contribution < -0.4 is 11.1 Å². The van der Waals surface area contributed by atoms with E-state index in [9.17, 15) is 9.59 Å². The molecular formula is C13H21N3O2. The molecule has 2 saturated carbocycles. The molecule has 5 nitrogen and oxygen atoms in total. The largest absolute Gasteiger partial charge is 0.353 e. The zero-order valence-corrected chi connectivity index (χ0v) is 10.7. The fraction of sp³-hybridized carbons (Fsp3) is 0.846. The lowest BCUT2D eigenvalue weighted by Gasteiger charge is -2.34. The van der Waals surface area contributed by atoms with Crippen molar-refractivity contribution in [2.75, 3.05) is 13.1 Å². The molecule has 2 amide bonds. The summed E-state index contributed by atoms with van der Waals surface area (Å²) in [4.78, 5) is 25.6. The van der Waals surface area contributed by atoms with E-state index < -0.39 is 5.54 Å². The Kier molecular flexibility index (Phi) is 2.81. The average molecular weight is 251 g/mol. The minimum Gasteiger partial charge on any atom is -0.353 e. The SMILES string of the molecule is NC1(C(=O)N2CCC(NC(=O)C3CC3)CC2)CC1. The van der Waals surface area contributed by atoms with Crippen LogP contribution in [0.3, 0.4) is 0 Å². The quantitative estimate of drug-likeness (QED) is 0.741. The number of rotatable bonds is 3. The van der Waals surface area contributed by atoms with Crippen LogP contribution in [-0.4, -0.2) is 41.4 Å². The van der Waals surface area contributed by atoms with Crippen LogP contribution in [0, 0.1) is 5.92 Å². The molecule has 0 bridgehead atoms. The smallest absolute Gasteiger partial charge is 0.242 e. The van der Waals surface area contributed by atoms with Crippen molar-refractivity contribution in [3.05, 3.63) is 0 Å². The van der Waals surface area contributed by atoms with Gasteiger partial charge in [0.15, 0.2) is 0 Å². The van der Waals surface area contributed by atoms with Crippen molar-refractivity contribution in [3.8, 4) is 0 Å². The molecule has 0 aromatic carbocycles. The average Bonchev–Trinajstić information content (AvgIpc) is 3.24. The molecule has 3 N–H and O–H groups in total. The molecule has 1 heterocycles. The third-order valence-corrected chi connectivity index (χ3v) is 4.29. The van der Waals surface area contributed by atoms with Crippen molar-refractivity contribution >= 4 is 11.8 Å². The summed E-state index contributed by atoms with van der Waals surface area (Å²) in [6.45, 7) is 1.46. The Labute approximate surface area is 107 Å². The lowest BCUT2D eigenvalue weighted by molar-refractivity contribution is -0.134. The van der Waals surface area contributed by atoms with Crippen LogP contribution in [0.1, 0.15) is 38.5 Å². The summed E-state index contributed by atoms with van der Waals surface area (Å²) in [5.74, 6) is 0.579. The summed E-state index contributed by atoms with van der Waals surface area (Å²) in [5, 5.41) is 3.09. The number of nitrogens with two attached hydrogens (primary N) is 1. The van der Waals surface area contributed by atoms with Crippen molar-refractivity contribution < 1.29 is 9.59 Å². The van der Waals surface area contributed by atoms with Crippen LogP contribution in [0.4, 0.5) is 0 Å². The van der Waals surface area contributed by atoms with Crippen molar-refractivity contribution in [3.63, 3.8) is 0 Å². The molecular weight excluding hydrogens is 230 g/mol. The number of hydrogen-bond donors (Lipinski definition) is 2. The Balaban J connectivity index is 1.45. The summed E-state index contributed by atoms with van der Waals surface area (Å²) < 4.78 is 0. The van der Waals surface area contributed by atoms with Crippen LogP contribution in [0.5, 0.6) is 0 Å². The first-order chi connectivity index (χ1) is 8.58. The Hall–Kier alpha value is -1.10. The van der Waals surface area contributed by atoms with Crippen LogP contribution in [0.15, 0.2) is 0 Å². The highest BCUT2D eigenvalue weighted by molar-refractivity contribution is 5.89. The minimum atomic E-state index is -0.551. The van der Waals surface area contributed by atoms with Crippen LogP contribution in [-0.2, 0) is 9.59 Å². The predicted molar refractivity (Wildman–Crippen MR) is 66.6 cm³/mol. The third kappa shape index (κ3) is 2.36. The van der Waals surface area contributed by atoms with Gasteiger partial charge in [0.05, 0.1) is 5.54 Å². The van der Waals surface area contributed by atoms with Gasteiger partial charge in [0.1, 0.15) is 0 Å². The van der Waals surface area contributed by atoms with E-state index in [2.05, 4.69) is 5.32 Å². The molecule has 0 aromatic rings. The number of hydrogen-bond acceptors (Lipinski definition) is 3. The third-order valence-electron chi connectivity index (χ3n) is 4.29. The van der Waals surface area contributed by atoms with E-state index in [0.717, 1.165) is 51.6 Å². The van der Waals surface area contributed by atoms with E-state index in [0.29, 0.717) is 0 Å². The summed E-state index contributed by atoms with van der Waals surface area (Å²) in [6, 6.07) is 0.245. The Morgan fingerprint density at radius 1 is 1.11 bits per heavy atom. The van der Waals surface area contributed by atoms with Crippen LogP contribution in [0.25, 0.3) is 0 Å². The molecule has 0 radical (unpaired) electrons. The number of carbonyl (C=O) groups excluding carboxylic acids is 2. The molecule has 2 aliphatic carbocycles. The minimum absolute atomic E-state index is 0.106. The van der Waals surface area contributed by atoms with Gasteiger partial charge in [0, 0.05) is 25.0 Å². The van der Waals surface area contributed by atoms with Crippen molar-refractivity contribution in [1.82, 2.24) is 10.2 Å². The second kappa shape index (κ2) is 4.23. The molecule has 0 atom stereocenters. The number of likely N-dealkylation sites (tertiary alicyclic amines) is 1. The van der Waals surface area contributed by atoms with E-state index in [1.807, 2.05) is 4.90 Å². The van der Waals surface area contributed by atoms with E-state index >= 15 is 0 Å². The maximum Gasteiger partial charge on any atom is 0.242 e. The molecule has 5 heteroatoms.